The van der Waals surface area contributed by atoms with Crippen LogP contribution in [0.15, 0.2) is 40.4 Å². The van der Waals surface area contributed by atoms with Crippen molar-refractivity contribution in [1.29, 1.82) is 0 Å². The lowest BCUT2D eigenvalue weighted by Gasteiger charge is -2.38. The number of allylic oxidation sites excluding steroid dienone is 1. The van der Waals surface area contributed by atoms with E-state index in [2.05, 4.69) is 63.5 Å². The standard InChI is InChI=1S/C28H33BrO5/c1-17(2)12-14-32-26-18(3)19(4)27-22(20(26)5)11-13-28(6,34-27)16-33-24-9-7-21(15-23(24)29)8-10-25(30)31/h7-10,12,15H,11,13-14,16H2,1-6H3,(H,30,31)/b10-8+. The van der Waals surface area contributed by atoms with Gasteiger partial charge >= 0.3 is 5.97 Å². The highest BCUT2D eigenvalue weighted by Crippen LogP contribution is 2.44. The summed E-state index contributed by atoms with van der Waals surface area (Å²) in [7, 11) is 0. The molecule has 1 N–H and O–H groups in total. The quantitative estimate of drug-likeness (QED) is 0.295. The summed E-state index contributed by atoms with van der Waals surface area (Å²) in [4.78, 5) is 10.7. The minimum atomic E-state index is -0.980. The maximum atomic E-state index is 10.7. The molecule has 1 atom stereocenters. The molecule has 0 fully saturated rings. The summed E-state index contributed by atoms with van der Waals surface area (Å²) in [6.45, 7) is 13.5. The van der Waals surface area contributed by atoms with Gasteiger partial charge in [0, 0.05) is 11.6 Å². The molecule has 6 heteroatoms. The third-order valence-corrected chi connectivity index (χ3v) is 6.81. The first-order valence-electron chi connectivity index (χ1n) is 11.4. The van der Waals surface area contributed by atoms with Gasteiger partial charge in [0.15, 0.2) is 0 Å². The van der Waals surface area contributed by atoms with Crippen molar-refractivity contribution in [2.45, 2.75) is 60.0 Å². The van der Waals surface area contributed by atoms with Crippen LogP contribution in [0.1, 0.15) is 55.0 Å². The second kappa shape index (κ2) is 10.7. The normalized spacial score (nSPS) is 17.1. The SMILES string of the molecule is CC(C)=CCOc1c(C)c(C)c2c(c1C)CCC(C)(COc1ccc(/C=C/C(=O)O)cc1Br)O2. The van der Waals surface area contributed by atoms with Crippen LogP contribution in [0.5, 0.6) is 17.2 Å². The lowest BCUT2D eigenvalue weighted by Crippen LogP contribution is -2.42. The average molecular weight is 529 g/mol. The molecule has 1 aliphatic rings. The van der Waals surface area contributed by atoms with Crippen LogP contribution in [0.4, 0.5) is 0 Å². The van der Waals surface area contributed by atoms with Crippen LogP contribution >= 0.6 is 15.9 Å². The number of halogens is 1. The van der Waals surface area contributed by atoms with Crippen molar-refractivity contribution in [1.82, 2.24) is 0 Å². The van der Waals surface area contributed by atoms with Crippen molar-refractivity contribution in [2.75, 3.05) is 13.2 Å². The van der Waals surface area contributed by atoms with Gasteiger partial charge in [-0.3, -0.25) is 0 Å². The summed E-state index contributed by atoms with van der Waals surface area (Å²) in [6, 6.07) is 5.50. The fourth-order valence-electron chi connectivity index (χ4n) is 4.03. The van der Waals surface area contributed by atoms with Crippen molar-refractivity contribution in [2.24, 2.45) is 0 Å². The number of rotatable bonds is 8. The molecule has 0 saturated carbocycles. The van der Waals surface area contributed by atoms with Gasteiger partial charge in [0.25, 0.3) is 0 Å². The molecule has 34 heavy (non-hydrogen) atoms. The Kier molecular flexibility index (Phi) is 8.13. The van der Waals surface area contributed by atoms with E-state index in [1.807, 2.05) is 18.2 Å². The van der Waals surface area contributed by atoms with Gasteiger partial charge in [0.2, 0.25) is 0 Å². The number of carboxylic acids is 1. The van der Waals surface area contributed by atoms with Crippen LogP contribution in [0.2, 0.25) is 0 Å². The summed E-state index contributed by atoms with van der Waals surface area (Å²) >= 11 is 3.53. The molecule has 0 aromatic heterocycles. The van der Waals surface area contributed by atoms with Gasteiger partial charge in [0.1, 0.15) is 36.1 Å². The molecule has 0 amide bonds. The minimum Gasteiger partial charge on any atom is -0.489 e. The zero-order chi connectivity index (χ0) is 25.0. The van der Waals surface area contributed by atoms with E-state index >= 15 is 0 Å². The molecule has 2 aromatic carbocycles. The van der Waals surface area contributed by atoms with Crippen LogP contribution in [0.25, 0.3) is 6.08 Å². The molecule has 0 saturated heterocycles. The zero-order valence-electron chi connectivity index (χ0n) is 20.8. The molecule has 1 aliphatic heterocycles. The first-order valence-corrected chi connectivity index (χ1v) is 12.2. The number of fused-ring (bicyclic) bond motifs is 1. The summed E-state index contributed by atoms with van der Waals surface area (Å²) < 4.78 is 19.6. The fourth-order valence-corrected chi connectivity index (χ4v) is 4.54. The Hall–Kier alpha value is -2.73. The third-order valence-electron chi connectivity index (χ3n) is 6.19. The molecule has 0 spiro atoms. The first kappa shape index (κ1) is 25.9. The number of ether oxygens (including phenoxy) is 3. The minimum absolute atomic E-state index is 0.395. The van der Waals surface area contributed by atoms with E-state index in [0.29, 0.717) is 19.0 Å². The highest BCUT2D eigenvalue weighted by atomic mass is 79.9. The Morgan fingerprint density at radius 2 is 1.91 bits per heavy atom. The predicted octanol–water partition coefficient (Wildman–Crippen LogP) is 6.98. The number of carboxylic acid groups (broad SMARTS) is 1. The van der Waals surface area contributed by atoms with Gasteiger partial charge in [0.05, 0.1) is 4.47 Å². The first-order chi connectivity index (χ1) is 16.0. The Morgan fingerprint density at radius 1 is 1.18 bits per heavy atom. The highest BCUT2D eigenvalue weighted by molar-refractivity contribution is 9.10. The molecule has 1 unspecified atom stereocenters. The molecule has 1 heterocycles. The fraction of sp³-hybridized carbons (Fsp3) is 0.393. The van der Waals surface area contributed by atoms with Gasteiger partial charge in [-0.1, -0.05) is 11.6 Å². The third kappa shape index (κ3) is 6.03. The zero-order valence-corrected chi connectivity index (χ0v) is 22.3. The van der Waals surface area contributed by atoms with Crippen LogP contribution < -0.4 is 14.2 Å². The van der Waals surface area contributed by atoms with Crippen molar-refractivity contribution in [3.63, 3.8) is 0 Å². The van der Waals surface area contributed by atoms with Crippen molar-refractivity contribution >= 4 is 28.0 Å². The van der Waals surface area contributed by atoms with E-state index in [1.165, 1.54) is 11.1 Å². The number of benzene rings is 2. The number of aliphatic carboxylic acids is 1. The van der Waals surface area contributed by atoms with Crippen LogP contribution in [0, 0.1) is 20.8 Å². The summed E-state index contributed by atoms with van der Waals surface area (Å²) in [5, 5.41) is 8.81. The molecule has 0 bridgehead atoms. The number of hydrogen-bond donors (Lipinski definition) is 1. The summed E-state index contributed by atoms with van der Waals surface area (Å²) in [5.74, 6) is 1.61. The molecule has 0 radical (unpaired) electrons. The lowest BCUT2D eigenvalue weighted by atomic mass is 9.87. The van der Waals surface area contributed by atoms with Crippen molar-refractivity contribution < 1.29 is 24.1 Å². The molecule has 2 aromatic rings. The van der Waals surface area contributed by atoms with Gasteiger partial charge in [-0.2, -0.15) is 0 Å². The highest BCUT2D eigenvalue weighted by Gasteiger charge is 2.35. The summed E-state index contributed by atoms with van der Waals surface area (Å²) in [6.07, 6.45) is 6.46. The van der Waals surface area contributed by atoms with Crippen LogP contribution in [-0.2, 0) is 11.2 Å². The number of hydrogen-bond acceptors (Lipinski definition) is 4. The number of carbonyl (C=O) groups is 1. The van der Waals surface area contributed by atoms with Crippen molar-refractivity contribution in [3.8, 4) is 17.2 Å². The van der Waals surface area contributed by atoms with Gasteiger partial charge in [-0.25, -0.2) is 4.79 Å². The smallest absolute Gasteiger partial charge is 0.328 e. The lowest BCUT2D eigenvalue weighted by molar-refractivity contribution is -0.131. The topological polar surface area (TPSA) is 65.0 Å². The maximum absolute atomic E-state index is 10.7. The monoisotopic (exact) mass is 528 g/mol. The molecule has 3 rings (SSSR count). The average Bonchev–Trinajstić information content (AvgIpc) is 2.77. The van der Waals surface area contributed by atoms with Gasteiger partial charge < -0.3 is 19.3 Å². The molecule has 5 nitrogen and oxygen atoms in total. The maximum Gasteiger partial charge on any atom is 0.328 e. The van der Waals surface area contributed by atoms with E-state index < -0.39 is 11.6 Å². The molecule has 182 valence electrons. The van der Waals surface area contributed by atoms with E-state index in [1.54, 1.807) is 6.08 Å². The molecule has 0 aliphatic carbocycles. The Balaban J connectivity index is 1.76. The van der Waals surface area contributed by atoms with Gasteiger partial charge in [-0.15, -0.1) is 0 Å². The van der Waals surface area contributed by atoms with Crippen molar-refractivity contribution in [3.05, 3.63) is 68.2 Å². The van der Waals surface area contributed by atoms with E-state index in [-0.39, 0.29) is 0 Å². The van der Waals surface area contributed by atoms with E-state index in [0.717, 1.165) is 57.1 Å². The second-order valence-corrected chi connectivity index (χ2v) is 10.2. The van der Waals surface area contributed by atoms with Gasteiger partial charge in [-0.05, 0) is 117 Å². The summed E-state index contributed by atoms with van der Waals surface area (Å²) in [5.41, 5.74) is 6.12. The van der Waals surface area contributed by atoms with E-state index in [9.17, 15) is 4.79 Å². The Bertz CT molecular complexity index is 1140. The molecular weight excluding hydrogens is 496 g/mol. The Morgan fingerprint density at radius 3 is 2.56 bits per heavy atom. The molecular formula is C28H33BrO5. The van der Waals surface area contributed by atoms with Crippen LogP contribution in [-0.4, -0.2) is 29.9 Å². The largest absolute Gasteiger partial charge is 0.489 e. The Labute approximate surface area is 210 Å². The van der Waals surface area contributed by atoms with E-state index in [4.69, 9.17) is 19.3 Å². The van der Waals surface area contributed by atoms with Crippen LogP contribution in [0.3, 0.4) is 0 Å². The second-order valence-electron chi connectivity index (χ2n) is 9.31. The predicted molar refractivity (Wildman–Crippen MR) is 139 cm³/mol.